The molecule has 1 unspecified atom stereocenters. The molecular weight excluding hydrogens is 224 g/mol. The van der Waals surface area contributed by atoms with Crippen molar-refractivity contribution in [1.29, 1.82) is 5.26 Å². The minimum Gasteiger partial charge on any atom is -0.496 e. The van der Waals surface area contributed by atoms with Crippen LogP contribution in [0.4, 0.5) is 0 Å². The number of benzene rings is 1. The monoisotopic (exact) mass is 246 g/mol. The first-order valence-corrected chi connectivity index (χ1v) is 6.38. The lowest BCUT2D eigenvalue weighted by Gasteiger charge is -2.14. The van der Waals surface area contributed by atoms with Crippen LogP contribution in [0.15, 0.2) is 18.2 Å². The summed E-state index contributed by atoms with van der Waals surface area (Å²) >= 11 is 0. The highest BCUT2D eigenvalue weighted by molar-refractivity contribution is 5.39. The van der Waals surface area contributed by atoms with Crippen molar-refractivity contribution in [3.63, 3.8) is 0 Å². The predicted octanol–water partition coefficient (Wildman–Crippen LogP) is 2.86. The maximum absolute atomic E-state index is 8.69. The minimum atomic E-state index is -0.0900. The van der Waals surface area contributed by atoms with Gasteiger partial charge in [-0.15, -0.1) is 0 Å². The molecule has 0 radical (unpaired) electrons. The molecule has 3 nitrogen and oxygen atoms in total. The summed E-state index contributed by atoms with van der Waals surface area (Å²) in [6, 6.07) is 8.39. The second-order valence-electron chi connectivity index (χ2n) is 4.79. The summed E-state index contributed by atoms with van der Waals surface area (Å²) in [5.74, 6) is 1.40. The maximum atomic E-state index is 8.69. The van der Waals surface area contributed by atoms with E-state index < -0.39 is 0 Å². The van der Waals surface area contributed by atoms with E-state index in [0.29, 0.717) is 5.92 Å². The van der Waals surface area contributed by atoms with E-state index in [-0.39, 0.29) is 6.04 Å². The number of ether oxygens (including phenoxy) is 1. The lowest BCUT2D eigenvalue weighted by Crippen LogP contribution is -2.26. The van der Waals surface area contributed by atoms with E-state index in [0.717, 1.165) is 18.7 Å². The van der Waals surface area contributed by atoms with Crippen molar-refractivity contribution >= 4 is 0 Å². The van der Waals surface area contributed by atoms with Crippen LogP contribution in [0.5, 0.6) is 5.75 Å². The van der Waals surface area contributed by atoms with Gasteiger partial charge in [-0.3, -0.25) is 0 Å². The summed E-state index contributed by atoms with van der Waals surface area (Å²) in [6.45, 7) is 7.02. The summed E-state index contributed by atoms with van der Waals surface area (Å²) in [5.41, 5.74) is 2.51. The molecule has 0 fully saturated rings. The van der Waals surface area contributed by atoms with E-state index >= 15 is 0 Å². The van der Waals surface area contributed by atoms with E-state index in [9.17, 15) is 0 Å². The third-order valence-electron chi connectivity index (χ3n) is 2.97. The molecule has 0 aromatic heterocycles. The molecule has 0 aliphatic rings. The molecule has 0 saturated heterocycles. The molecule has 0 bridgehead atoms. The van der Waals surface area contributed by atoms with E-state index in [2.05, 4.69) is 37.4 Å². The van der Waals surface area contributed by atoms with Crippen LogP contribution < -0.4 is 10.1 Å². The normalized spacial score (nSPS) is 12.2. The molecule has 0 aliphatic heterocycles. The largest absolute Gasteiger partial charge is 0.496 e. The SMILES string of the molecule is COc1ccc(CCNC(C)C#N)cc1C(C)C. The second kappa shape index (κ2) is 7.03. The first-order chi connectivity index (χ1) is 8.58. The Morgan fingerprint density at radius 2 is 2.06 bits per heavy atom. The Morgan fingerprint density at radius 1 is 1.33 bits per heavy atom. The quantitative estimate of drug-likeness (QED) is 0.839. The van der Waals surface area contributed by atoms with Gasteiger partial charge in [0.2, 0.25) is 0 Å². The highest BCUT2D eigenvalue weighted by atomic mass is 16.5. The van der Waals surface area contributed by atoms with Crippen LogP contribution in [0.2, 0.25) is 0 Å². The summed E-state index contributed by atoms with van der Waals surface area (Å²) in [6.07, 6.45) is 0.926. The number of nitrogens with zero attached hydrogens (tertiary/aromatic N) is 1. The molecule has 0 spiro atoms. The number of rotatable bonds is 6. The highest BCUT2D eigenvalue weighted by Crippen LogP contribution is 2.27. The summed E-state index contributed by atoms with van der Waals surface area (Å²) in [7, 11) is 1.71. The van der Waals surface area contributed by atoms with Crippen molar-refractivity contribution in [3.8, 4) is 11.8 Å². The number of hydrogen-bond donors (Lipinski definition) is 1. The fourth-order valence-corrected chi connectivity index (χ4v) is 1.87. The van der Waals surface area contributed by atoms with E-state index in [1.165, 1.54) is 11.1 Å². The van der Waals surface area contributed by atoms with Crippen molar-refractivity contribution in [3.05, 3.63) is 29.3 Å². The Balaban J connectivity index is 2.68. The molecular formula is C15H22N2O. The highest BCUT2D eigenvalue weighted by Gasteiger charge is 2.08. The zero-order valence-electron chi connectivity index (χ0n) is 11.7. The van der Waals surface area contributed by atoms with Crippen LogP contribution in [-0.2, 0) is 6.42 Å². The molecule has 18 heavy (non-hydrogen) atoms. The van der Waals surface area contributed by atoms with Crippen molar-refractivity contribution < 1.29 is 4.74 Å². The van der Waals surface area contributed by atoms with E-state index in [4.69, 9.17) is 10.00 Å². The van der Waals surface area contributed by atoms with Gasteiger partial charge in [0, 0.05) is 6.54 Å². The molecule has 1 atom stereocenters. The first kappa shape index (κ1) is 14.5. The average Bonchev–Trinajstić information content (AvgIpc) is 2.38. The summed E-state index contributed by atoms with van der Waals surface area (Å²) in [5, 5.41) is 11.9. The standard InChI is InChI=1S/C15H22N2O/c1-11(2)14-9-13(5-6-15(14)18-4)7-8-17-12(3)10-16/h5-6,9,11-12,17H,7-8H2,1-4H3. The lowest BCUT2D eigenvalue weighted by molar-refractivity contribution is 0.407. The van der Waals surface area contributed by atoms with Gasteiger partial charge in [0.15, 0.2) is 0 Å². The number of nitriles is 1. The van der Waals surface area contributed by atoms with Gasteiger partial charge in [0.1, 0.15) is 5.75 Å². The zero-order chi connectivity index (χ0) is 13.5. The van der Waals surface area contributed by atoms with E-state index in [1.54, 1.807) is 7.11 Å². The van der Waals surface area contributed by atoms with Gasteiger partial charge in [0.05, 0.1) is 19.2 Å². The maximum Gasteiger partial charge on any atom is 0.122 e. The molecule has 1 aromatic rings. The summed E-state index contributed by atoms with van der Waals surface area (Å²) < 4.78 is 5.36. The van der Waals surface area contributed by atoms with Crippen molar-refractivity contribution in [2.24, 2.45) is 0 Å². The molecule has 98 valence electrons. The molecule has 3 heteroatoms. The van der Waals surface area contributed by atoms with Crippen LogP contribution >= 0.6 is 0 Å². The fourth-order valence-electron chi connectivity index (χ4n) is 1.87. The molecule has 0 heterocycles. The van der Waals surface area contributed by atoms with Gasteiger partial charge >= 0.3 is 0 Å². The van der Waals surface area contributed by atoms with Crippen molar-refractivity contribution in [2.45, 2.75) is 39.2 Å². The molecule has 0 amide bonds. The Bertz CT molecular complexity index is 421. The third kappa shape index (κ3) is 4.05. The van der Waals surface area contributed by atoms with Gasteiger partial charge in [0.25, 0.3) is 0 Å². The average molecular weight is 246 g/mol. The topological polar surface area (TPSA) is 45.0 Å². The van der Waals surface area contributed by atoms with Crippen LogP contribution in [0.1, 0.15) is 37.8 Å². The predicted molar refractivity (Wildman–Crippen MR) is 73.9 cm³/mol. The Morgan fingerprint density at radius 3 is 2.61 bits per heavy atom. The molecule has 0 saturated carbocycles. The van der Waals surface area contributed by atoms with Gasteiger partial charge in [-0.1, -0.05) is 26.0 Å². The molecule has 1 rings (SSSR count). The number of nitrogens with one attached hydrogen (secondary N) is 1. The third-order valence-corrected chi connectivity index (χ3v) is 2.97. The zero-order valence-corrected chi connectivity index (χ0v) is 11.7. The lowest BCUT2D eigenvalue weighted by atomic mass is 9.98. The van der Waals surface area contributed by atoms with Crippen molar-refractivity contribution in [2.75, 3.05) is 13.7 Å². The van der Waals surface area contributed by atoms with E-state index in [1.807, 2.05) is 13.0 Å². The smallest absolute Gasteiger partial charge is 0.122 e. The van der Waals surface area contributed by atoms with Crippen LogP contribution in [0.3, 0.4) is 0 Å². The molecule has 0 aliphatic carbocycles. The van der Waals surface area contributed by atoms with Gasteiger partial charge in [-0.25, -0.2) is 0 Å². The Labute approximate surface area is 110 Å². The van der Waals surface area contributed by atoms with Gasteiger partial charge in [-0.2, -0.15) is 5.26 Å². The molecule has 1 aromatic carbocycles. The van der Waals surface area contributed by atoms with Crippen molar-refractivity contribution in [1.82, 2.24) is 5.32 Å². The van der Waals surface area contributed by atoms with Gasteiger partial charge < -0.3 is 10.1 Å². The summed E-state index contributed by atoms with van der Waals surface area (Å²) in [4.78, 5) is 0. The fraction of sp³-hybridized carbons (Fsp3) is 0.533. The molecule has 1 N–H and O–H groups in total. The number of methoxy groups -OCH3 is 1. The van der Waals surface area contributed by atoms with Crippen LogP contribution in [-0.4, -0.2) is 19.7 Å². The number of hydrogen-bond acceptors (Lipinski definition) is 3. The Kier molecular flexibility index (Phi) is 5.67. The second-order valence-corrected chi connectivity index (χ2v) is 4.79. The minimum absolute atomic E-state index is 0.0900. The van der Waals surface area contributed by atoms with Crippen LogP contribution in [0.25, 0.3) is 0 Å². The van der Waals surface area contributed by atoms with Crippen LogP contribution in [0, 0.1) is 11.3 Å². The Hall–Kier alpha value is -1.53. The first-order valence-electron chi connectivity index (χ1n) is 6.38. The van der Waals surface area contributed by atoms with Gasteiger partial charge in [-0.05, 0) is 36.5 Å².